The van der Waals surface area contributed by atoms with Crippen LogP contribution in [0, 0.1) is 13.8 Å². The molecule has 0 aliphatic heterocycles. The Labute approximate surface area is 125 Å². The van der Waals surface area contributed by atoms with Crippen LogP contribution < -0.4 is 0 Å². The summed E-state index contributed by atoms with van der Waals surface area (Å²) in [6.07, 6.45) is 0. The molecule has 0 unspecified atom stereocenters. The summed E-state index contributed by atoms with van der Waals surface area (Å²) in [5, 5.41) is 4.53. The fourth-order valence-corrected chi connectivity index (χ4v) is 1.77. The Kier molecular flexibility index (Phi) is 10.2. The van der Waals surface area contributed by atoms with Gasteiger partial charge in [-0.25, -0.2) is 0 Å². The topological polar surface area (TPSA) is 73.4 Å². The molecule has 2 heterocycles. The molecule has 0 fully saturated rings. The standard InChI is InChI=1S/2C4H5N2S.2ClH.Pt/c2*1-3-2-7-4(5)6-3;;;/h2*2H,1H3,(H-,5,6);2*1H;/q2*-1;;;+4/p-2. The first-order valence-corrected chi connectivity index (χ1v) is 11.5. The molecule has 0 atom stereocenters. The maximum absolute atomic E-state index is 6.92. The van der Waals surface area contributed by atoms with Crippen molar-refractivity contribution in [1.82, 2.24) is 9.97 Å². The van der Waals surface area contributed by atoms with Crippen LogP contribution in [0.25, 0.3) is 11.5 Å². The van der Waals surface area contributed by atoms with Crippen LogP contribution in [-0.2, 0) is 16.5 Å². The van der Waals surface area contributed by atoms with E-state index in [1.165, 1.54) is 22.7 Å². The van der Waals surface area contributed by atoms with E-state index in [1.807, 2.05) is 24.6 Å². The minimum atomic E-state index is -0.472. The van der Waals surface area contributed by atoms with Gasteiger partial charge >= 0.3 is 35.3 Å². The molecule has 0 bridgehead atoms. The molecule has 98 valence electrons. The monoisotopic (exact) mass is 491 g/mol. The molecule has 0 aliphatic carbocycles. The van der Waals surface area contributed by atoms with Gasteiger partial charge in [-0.05, 0) is 34.9 Å². The van der Waals surface area contributed by atoms with Gasteiger partial charge in [0.1, 0.15) is 0 Å². The van der Waals surface area contributed by atoms with E-state index >= 15 is 0 Å². The van der Waals surface area contributed by atoms with E-state index in [1.54, 1.807) is 0 Å². The minimum absolute atomic E-state index is 0.400. The third-order valence-electron chi connectivity index (χ3n) is 1.24. The predicted molar refractivity (Wildman–Crippen MR) is 73.4 cm³/mol. The molecular weight excluding hydrogens is 482 g/mol. The van der Waals surface area contributed by atoms with Crippen LogP contribution >= 0.6 is 41.5 Å². The molecule has 0 amide bonds. The van der Waals surface area contributed by atoms with Crippen LogP contribution in [0.4, 0.5) is 10.3 Å². The second-order valence-corrected chi connectivity index (χ2v) is 7.63. The number of hydrogen-bond donors (Lipinski definition) is 0. The van der Waals surface area contributed by atoms with Crippen LogP contribution in [0.2, 0.25) is 0 Å². The Balaban J connectivity index is 0.000000247. The van der Waals surface area contributed by atoms with Gasteiger partial charge in [-0.15, -0.1) is 0 Å². The van der Waals surface area contributed by atoms with E-state index in [9.17, 15) is 0 Å². The summed E-state index contributed by atoms with van der Waals surface area (Å²) >= 11 is 2.25. The molecule has 0 aromatic carbocycles. The SMILES string of the molecule is Cc1csc([NH-])n1.Cc1csc([NH-])n1.[Cl][Pt+2][Cl]. The normalized spacial score (nSPS) is 8.94. The molecular formula is C8H10Cl2N4PtS2. The summed E-state index contributed by atoms with van der Waals surface area (Å²) in [6.45, 7) is 3.77. The van der Waals surface area contributed by atoms with E-state index in [2.05, 4.69) is 9.97 Å². The average molecular weight is 492 g/mol. The Morgan fingerprint density at radius 2 is 1.29 bits per heavy atom. The van der Waals surface area contributed by atoms with Crippen molar-refractivity contribution in [1.29, 1.82) is 0 Å². The first-order valence-electron chi connectivity index (χ1n) is 4.09. The van der Waals surface area contributed by atoms with Crippen molar-refractivity contribution in [2.24, 2.45) is 0 Å². The van der Waals surface area contributed by atoms with Gasteiger partial charge in [0.15, 0.2) is 0 Å². The molecule has 0 spiro atoms. The van der Waals surface area contributed by atoms with E-state index < -0.39 is 16.5 Å². The number of rotatable bonds is 0. The van der Waals surface area contributed by atoms with E-state index in [4.69, 9.17) is 30.3 Å². The number of thiazole rings is 2. The fourth-order valence-electron chi connectivity index (χ4n) is 0.708. The van der Waals surface area contributed by atoms with E-state index in [-0.39, 0.29) is 0 Å². The number of nitrogens with zero attached hydrogens (tertiary/aromatic N) is 2. The molecule has 17 heavy (non-hydrogen) atoms. The van der Waals surface area contributed by atoms with Crippen LogP contribution in [0.3, 0.4) is 0 Å². The van der Waals surface area contributed by atoms with E-state index in [0.717, 1.165) is 11.4 Å². The quantitative estimate of drug-likeness (QED) is 0.477. The molecule has 0 aliphatic rings. The zero-order chi connectivity index (χ0) is 13.3. The van der Waals surface area contributed by atoms with Crippen LogP contribution in [-0.4, -0.2) is 9.97 Å². The summed E-state index contributed by atoms with van der Waals surface area (Å²) in [5.74, 6) is 0. The average Bonchev–Trinajstić information content (AvgIpc) is 2.78. The second-order valence-electron chi connectivity index (χ2n) is 2.63. The van der Waals surface area contributed by atoms with Crippen molar-refractivity contribution in [3.05, 3.63) is 33.6 Å². The third kappa shape index (κ3) is 9.80. The summed E-state index contributed by atoms with van der Waals surface area (Å²) in [7, 11) is 9.75. The summed E-state index contributed by atoms with van der Waals surface area (Å²) in [4.78, 5) is 7.59. The second kappa shape index (κ2) is 10.1. The van der Waals surface area contributed by atoms with Crippen molar-refractivity contribution in [2.45, 2.75) is 13.8 Å². The fraction of sp³-hybridized carbons (Fsp3) is 0.250. The molecule has 0 saturated heterocycles. The Hall–Kier alpha value is 0.128. The van der Waals surface area contributed by atoms with Gasteiger partial charge < -0.3 is 21.4 Å². The van der Waals surface area contributed by atoms with Crippen molar-refractivity contribution in [3.63, 3.8) is 0 Å². The van der Waals surface area contributed by atoms with Gasteiger partial charge in [-0.2, -0.15) is 22.7 Å². The van der Waals surface area contributed by atoms with Crippen molar-refractivity contribution in [3.8, 4) is 0 Å². The molecule has 9 heteroatoms. The number of halogens is 2. The number of nitrogens with one attached hydrogen (secondary N) is 2. The maximum atomic E-state index is 6.92. The summed E-state index contributed by atoms with van der Waals surface area (Å²) in [5.41, 5.74) is 15.7. The predicted octanol–water partition coefficient (Wildman–Crippen LogP) is 5.65. The molecule has 2 aromatic rings. The van der Waals surface area contributed by atoms with Crippen molar-refractivity contribution in [2.75, 3.05) is 0 Å². The molecule has 2 aromatic heterocycles. The number of hydrogen-bond acceptors (Lipinski definition) is 4. The molecule has 4 nitrogen and oxygen atoms in total. The van der Waals surface area contributed by atoms with Gasteiger partial charge in [0, 0.05) is 0 Å². The third-order valence-corrected chi connectivity index (χ3v) is 2.79. The first kappa shape index (κ1) is 17.1. The first-order chi connectivity index (χ1) is 7.99. The van der Waals surface area contributed by atoms with Crippen LogP contribution in [0.5, 0.6) is 0 Å². The van der Waals surface area contributed by atoms with Gasteiger partial charge in [-0.1, -0.05) is 11.4 Å². The van der Waals surface area contributed by atoms with Crippen LogP contribution in [0.15, 0.2) is 10.8 Å². The number of aryl methyl sites for hydroxylation is 2. The van der Waals surface area contributed by atoms with Crippen molar-refractivity contribution < 1.29 is 16.5 Å². The zero-order valence-corrected chi connectivity index (χ0v) is 14.4. The molecule has 2 N–H and O–H groups in total. The van der Waals surface area contributed by atoms with Crippen molar-refractivity contribution >= 4 is 51.8 Å². The molecule has 2 rings (SSSR count). The molecule has 0 saturated carbocycles. The van der Waals surface area contributed by atoms with Gasteiger partial charge in [0.05, 0.1) is 0 Å². The van der Waals surface area contributed by atoms with Crippen LogP contribution in [0.1, 0.15) is 11.4 Å². The van der Waals surface area contributed by atoms with Gasteiger partial charge in [-0.3, -0.25) is 0 Å². The Morgan fingerprint density at radius 1 is 1.00 bits per heavy atom. The zero-order valence-electron chi connectivity index (χ0n) is 8.94. The van der Waals surface area contributed by atoms with E-state index in [0.29, 0.717) is 10.3 Å². The Morgan fingerprint density at radius 3 is 1.35 bits per heavy atom. The summed E-state index contributed by atoms with van der Waals surface area (Å²) < 4.78 is 0. The molecule has 0 radical (unpaired) electrons. The van der Waals surface area contributed by atoms with Gasteiger partial charge in [0.2, 0.25) is 0 Å². The summed E-state index contributed by atoms with van der Waals surface area (Å²) in [6, 6.07) is 0. The van der Waals surface area contributed by atoms with Gasteiger partial charge in [0.25, 0.3) is 0 Å². The number of aromatic nitrogens is 2. The Bertz CT molecular complexity index is 350.